The smallest absolute Gasteiger partial charge is 0.854 e. The number of rotatable bonds is 15. The first-order valence-corrected chi connectivity index (χ1v) is 11.8. The maximum absolute atomic E-state index is 10.4. The Labute approximate surface area is 206 Å². The molecule has 0 aliphatic rings. The maximum Gasteiger partial charge on any atom is 3.00 e. The van der Waals surface area contributed by atoms with Crippen molar-refractivity contribution in [3.63, 3.8) is 0 Å². The summed E-state index contributed by atoms with van der Waals surface area (Å²) in [6.07, 6.45) is 13.9. The van der Waals surface area contributed by atoms with Crippen LogP contribution in [0.15, 0.2) is 0 Å². The van der Waals surface area contributed by atoms with E-state index in [2.05, 4.69) is 41.5 Å². The molecule has 28 heavy (non-hydrogen) atoms. The molecule has 0 bridgehead atoms. The van der Waals surface area contributed by atoms with Crippen molar-refractivity contribution in [3.05, 3.63) is 0 Å². The van der Waals surface area contributed by atoms with E-state index in [4.69, 9.17) is 0 Å². The molecule has 4 heteroatoms. The summed E-state index contributed by atoms with van der Waals surface area (Å²) in [5.74, 6) is 1.35. The Morgan fingerprint density at radius 2 is 0.679 bits per heavy atom. The van der Waals surface area contributed by atoms with Crippen molar-refractivity contribution in [2.45, 2.75) is 119 Å². The minimum Gasteiger partial charge on any atom is -0.854 e. The summed E-state index contributed by atoms with van der Waals surface area (Å²) < 4.78 is 0. The molecule has 0 saturated carbocycles. The Morgan fingerprint density at radius 1 is 0.464 bits per heavy atom. The van der Waals surface area contributed by atoms with Gasteiger partial charge in [-0.05, 0) is 0 Å². The van der Waals surface area contributed by atoms with Crippen LogP contribution in [0.2, 0.25) is 0 Å². The van der Waals surface area contributed by atoms with E-state index < -0.39 is 0 Å². The zero-order chi connectivity index (χ0) is 21.3. The van der Waals surface area contributed by atoms with Gasteiger partial charge >= 0.3 is 35.6 Å². The van der Waals surface area contributed by atoms with Gasteiger partial charge in [0.2, 0.25) is 0 Å². The van der Waals surface area contributed by atoms with Crippen LogP contribution in [0.4, 0.5) is 0 Å². The second kappa shape index (κ2) is 32.7. The van der Waals surface area contributed by atoms with E-state index in [9.17, 15) is 15.3 Å². The van der Waals surface area contributed by atoms with Gasteiger partial charge in [-0.1, -0.05) is 136 Å². The molecule has 0 rings (SSSR count). The van der Waals surface area contributed by atoms with Gasteiger partial charge in [0.25, 0.3) is 0 Å². The molecule has 0 aliphatic carbocycles. The summed E-state index contributed by atoms with van der Waals surface area (Å²) in [5, 5.41) is 31.1. The Morgan fingerprint density at radius 3 is 0.786 bits per heavy atom. The molecule has 3 atom stereocenters. The Balaban J connectivity index is -0.000000152. The predicted molar refractivity (Wildman–Crippen MR) is 115 cm³/mol. The van der Waals surface area contributed by atoms with Crippen LogP contribution in [-0.4, -0.2) is 19.8 Å². The molecular formula is C24H51LaO3. The minimum atomic E-state index is 0. The van der Waals surface area contributed by atoms with Gasteiger partial charge in [-0.25, -0.2) is 0 Å². The molecule has 0 aliphatic heterocycles. The Kier molecular flexibility index (Phi) is 42.6. The first-order valence-electron chi connectivity index (χ1n) is 11.8. The molecule has 0 aromatic heterocycles. The second-order valence-electron chi connectivity index (χ2n) is 7.75. The molecule has 0 amide bonds. The zero-order valence-electron chi connectivity index (χ0n) is 20.1. The molecular weight excluding hydrogens is 475 g/mol. The Hall–Kier alpha value is 1.07. The first-order chi connectivity index (χ1) is 13.0. The van der Waals surface area contributed by atoms with Crippen molar-refractivity contribution in [1.29, 1.82) is 0 Å². The largest absolute Gasteiger partial charge is 3.00 e. The van der Waals surface area contributed by atoms with E-state index >= 15 is 0 Å². The summed E-state index contributed by atoms with van der Waals surface area (Å²) in [6, 6.07) is 0. The predicted octanol–water partition coefficient (Wildman–Crippen LogP) is 4.69. The number of unbranched alkanes of at least 4 members (excludes halogenated alkanes) is 3. The number of hydrogen-bond donors (Lipinski definition) is 0. The van der Waals surface area contributed by atoms with Crippen molar-refractivity contribution in [2.24, 2.45) is 17.8 Å². The third kappa shape index (κ3) is 29.3. The number of hydrogen-bond acceptors (Lipinski definition) is 3. The van der Waals surface area contributed by atoms with Gasteiger partial charge in [-0.2, -0.15) is 0 Å². The molecule has 0 saturated heterocycles. The van der Waals surface area contributed by atoms with Crippen LogP contribution in [0.5, 0.6) is 0 Å². The molecule has 3 unspecified atom stereocenters. The normalized spacial score (nSPS) is 13.2. The van der Waals surface area contributed by atoms with Crippen LogP contribution in [-0.2, 0) is 0 Å². The molecule has 168 valence electrons. The van der Waals surface area contributed by atoms with Crippen molar-refractivity contribution < 1.29 is 50.9 Å². The molecule has 0 fully saturated rings. The van der Waals surface area contributed by atoms with Crippen LogP contribution >= 0.6 is 0 Å². The van der Waals surface area contributed by atoms with Crippen molar-refractivity contribution in [3.8, 4) is 0 Å². The molecule has 0 spiro atoms. The minimum absolute atomic E-state index is 0. The standard InChI is InChI=1S/3C8H17O.La/c3*1-3-5-6-8(4-2)7-9;/h3*8H,3-7H2,1-2H3;/q3*-1;+3. The van der Waals surface area contributed by atoms with Crippen LogP contribution in [0.1, 0.15) is 119 Å². The van der Waals surface area contributed by atoms with Gasteiger partial charge in [-0.3, -0.25) is 0 Å². The van der Waals surface area contributed by atoms with E-state index in [1.165, 1.54) is 38.5 Å². The first kappa shape index (κ1) is 36.4. The van der Waals surface area contributed by atoms with Gasteiger partial charge < -0.3 is 15.3 Å². The van der Waals surface area contributed by atoms with Crippen LogP contribution in [0.25, 0.3) is 0 Å². The summed E-state index contributed by atoms with van der Waals surface area (Å²) in [6.45, 7) is 13.1. The van der Waals surface area contributed by atoms with Crippen LogP contribution < -0.4 is 15.3 Å². The van der Waals surface area contributed by atoms with Gasteiger partial charge in [0.1, 0.15) is 0 Å². The van der Waals surface area contributed by atoms with E-state index in [-0.39, 0.29) is 55.4 Å². The maximum atomic E-state index is 10.4. The SMILES string of the molecule is CCCCC(CC)C[O-].CCCCC(CC)C[O-].CCCCC(CC)C[O-].[La+3]. The average molecular weight is 527 g/mol. The molecule has 0 N–H and O–H groups in total. The Bertz CT molecular complexity index is 190. The topological polar surface area (TPSA) is 69.2 Å². The summed E-state index contributed by atoms with van der Waals surface area (Å²) >= 11 is 0. The quantitative estimate of drug-likeness (QED) is 0.311. The summed E-state index contributed by atoms with van der Waals surface area (Å²) in [5.41, 5.74) is 0. The fourth-order valence-corrected chi connectivity index (χ4v) is 2.69. The third-order valence-electron chi connectivity index (χ3n) is 5.34. The van der Waals surface area contributed by atoms with Crippen molar-refractivity contribution >= 4 is 0 Å². The van der Waals surface area contributed by atoms with E-state index in [0.717, 1.165) is 38.5 Å². The molecule has 0 aromatic carbocycles. The van der Waals surface area contributed by atoms with Gasteiger partial charge in [0, 0.05) is 0 Å². The zero-order valence-corrected chi connectivity index (χ0v) is 23.8. The third-order valence-corrected chi connectivity index (χ3v) is 5.34. The second-order valence-corrected chi connectivity index (χ2v) is 7.75. The molecule has 0 heterocycles. The van der Waals surface area contributed by atoms with Crippen molar-refractivity contribution in [1.82, 2.24) is 0 Å². The van der Waals surface area contributed by atoms with E-state index in [1.807, 2.05) is 0 Å². The summed E-state index contributed by atoms with van der Waals surface area (Å²) in [7, 11) is 0. The van der Waals surface area contributed by atoms with Gasteiger partial charge in [0.15, 0.2) is 0 Å². The van der Waals surface area contributed by atoms with Crippen LogP contribution in [0, 0.1) is 53.4 Å². The summed E-state index contributed by atoms with van der Waals surface area (Å²) in [4.78, 5) is 0. The monoisotopic (exact) mass is 526 g/mol. The van der Waals surface area contributed by atoms with Gasteiger partial charge in [0.05, 0.1) is 0 Å². The fraction of sp³-hybridized carbons (Fsp3) is 1.00. The van der Waals surface area contributed by atoms with Gasteiger partial charge in [-0.15, -0.1) is 19.8 Å². The molecule has 0 aromatic rings. The van der Waals surface area contributed by atoms with Crippen molar-refractivity contribution in [2.75, 3.05) is 19.8 Å². The average Bonchev–Trinajstić information content (AvgIpc) is 2.71. The van der Waals surface area contributed by atoms with Crippen LogP contribution in [0.3, 0.4) is 0 Å². The molecule has 3 nitrogen and oxygen atoms in total. The van der Waals surface area contributed by atoms with E-state index in [1.54, 1.807) is 0 Å². The van der Waals surface area contributed by atoms with E-state index in [0.29, 0.717) is 17.8 Å². The fourth-order valence-electron chi connectivity index (χ4n) is 2.69. The molecule has 0 radical (unpaired) electrons.